The van der Waals surface area contributed by atoms with Crippen molar-refractivity contribution in [2.45, 2.75) is 164 Å². The minimum atomic E-state index is -0.132. The Morgan fingerprint density at radius 2 is 0.771 bits per heavy atom. The second-order valence-electron chi connectivity index (χ2n) is 25.8. The van der Waals surface area contributed by atoms with Crippen LogP contribution in [0.5, 0.6) is 0 Å². The predicted octanol–water partition coefficient (Wildman–Crippen LogP) is 13.1. The van der Waals surface area contributed by atoms with Gasteiger partial charge in [-0.1, -0.05) is 198 Å². The molecule has 0 fully saturated rings. The van der Waals surface area contributed by atoms with Crippen LogP contribution in [0.4, 0.5) is 0 Å². The van der Waals surface area contributed by atoms with E-state index in [2.05, 4.69) is 210 Å². The Kier molecular flexibility index (Phi) is 13.4. The minimum Gasteiger partial charge on any atom is -0.875 e. The molecule has 4 aliphatic rings. The van der Waals surface area contributed by atoms with Crippen molar-refractivity contribution < 1.29 is 21.6 Å². The molecule has 0 saturated heterocycles. The number of hydrogen-bond acceptors (Lipinski definition) is 4. The summed E-state index contributed by atoms with van der Waals surface area (Å²) in [5.41, 5.74) is 17.6. The molecule has 1 aromatic heterocycles. The van der Waals surface area contributed by atoms with Gasteiger partial charge in [-0.2, -0.15) is 0 Å². The van der Waals surface area contributed by atoms with Gasteiger partial charge in [0.25, 0.3) is 0 Å². The van der Waals surface area contributed by atoms with E-state index >= 15 is 0 Å². The third-order valence-electron chi connectivity index (χ3n) is 13.8. The van der Waals surface area contributed by atoms with Crippen LogP contribution in [0.1, 0.15) is 182 Å². The molecule has 0 spiro atoms. The molecule has 4 aliphatic heterocycles. The summed E-state index contributed by atoms with van der Waals surface area (Å²) in [7, 11) is 0. The predicted molar refractivity (Wildman–Crippen MR) is 292 cm³/mol. The fraction of sp³-hybridized carbons (Fsp3) is 0.391. The molecule has 8 bridgehead atoms. The monoisotopic (exact) mass is 973 g/mol. The summed E-state index contributed by atoms with van der Waals surface area (Å²) < 4.78 is 0. The van der Waals surface area contributed by atoms with E-state index in [9.17, 15) is 5.11 Å². The van der Waals surface area contributed by atoms with Crippen LogP contribution >= 0.6 is 0 Å². The summed E-state index contributed by atoms with van der Waals surface area (Å²) >= 11 is 0. The molecule has 366 valence electrons. The number of hydrogen-bond donors (Lipinski definition) is 0. The molecule has 6 heteroatoms. The van der Waals surface area contributed by atoms with E-state index in [1.807, 2.05) is 18.2 Å². The van der Waals surface area contributed by atoms with Crippen molar-refractivity contribution >= 4 is 33.9 Å². The van der Waals surface area contributed by atoms with Gasteiger partial charge in [-0.15, -0.1) is 16.5 Å². The molecule has 0 N–H and O–H groups in total. The average Bonchev–Trinajstić information content (AvgIpc) is 4.06. The van der Waals surface area contributed by atoms with Gasteiger partial charge < -0.3 is 10.1 Å². The number of rotatable bonds is 3. The normalized spacial score (nSPS) is 17.4. The van der Waals surface area contributed by atoms with Gasteiger partial charge in [0.15, 0.2) is 0 Å². The van der Waals surface area contributed by atoms with Gasteiger partial charge in [0.1, 0.15) is 0 Å². The van der Waals surface area contributed by atoms with E-state index in [0.717, 1.165) is 66.9 Å². The van der Waals surface area contributed by atoms with Crippen LogP contribution in [0, 0.1) is 0 Å². The fourth-order valence-electron chi connectivity index (χ4n) is 9.17. The second-order valence-corrected chi connectivity index (χ2v) is 25.8. The molecule has 5 nitrogen and oxygen atoms in total. The van der Waals surface area contributed by atoms with Gasteiger partial charge in [-0.25, -0.2) is 15.0 Å². The molecular weight excluding hydrogens is 899 g/mol. The maximum absolute atomic E-state index is 13.7. The molecule has 0 saturated carbocycles. The molecule has 0 atom stereocenters. The van der Waals surface area contributed by atoms with E-state index in [-0.39, 0.29) is 54.7 Å². The number of nitrogens with zero attached hydrogens (tertiary/aromatic N) is 4. The Morgan fingerprint density at radius 3 is 1.14 bits per heavy atom. The van der Waals surface area contributed by atoms with Crippen molar-refractivity contribution in [1.29, 1.82) is 0 Å². The van der Waals surface area contributed by atoms with Crippen LogP contribution in [0.3, 0.4) is 0 Å². The smallest absolute Gasteiger partial charge is 0.875 e. The third-order valence-corrected chi connectivity index (χ3v) is 13.8. The SMILES string of the molecule is CC([O-])=C1C=C2N=C1C=C1C=CC(=N1)C(c1cc(C(C)(C)C)cc(C(C)(C)C)c1)=c1ccc([n-]1)=C(c1cc(C(C)(C)C)cc(C(C)(C)C)c1)C1=NC(=C2c2cc(C(C)(C)C)cc(C(C)(C)C)c2)C=C1.[Ni+2]. The molecule has 3 aromatic carbocycles. The second kappa shape index (κ2) is 17.9. The van der Waals surface area contributed by atoms with Crippen LogP contribution < -0.4 is 20.8 Å². The first-order valence-electron chi connectivity index (χ1n) is 24.8. The van der Waals surface area contributed by atoms with Gasteiger partial charge in [0, 0.05) is 5.57 Å². The molecule has 0 aliphatic carbocycles. The van der Waals surface area contributed by atoms with Gasteiger partial charge >= 0.3 is 16.5 Å². The van der Waals surface area contributed by atoms with Crippen LogP contribution in [-0.4, -0.2) is 17.1 Å². The molecule has 0 unspecified atom stereocenters. The number of aromatic nitrogens is 1. The Labute approximate surface area is 429 Å². The first kappa shape index (κ1) is 52.3. The summed E-state index contributed by atoms with van der Waals surface area (Å²) in [5, 5.41) is 15.4. The van der Waals surface area contributed by atoms with Crippen molar-refractivity contribution in [2.75, 3.05) is 0 Å². The summed E-state index contributed by atoms with van der Waals surface area (Å²) in [6.07, 6.45) is 12.3. The van der Waals surface area contributed by atoms with E-state index < -0.39 is 0 Å². The first-order chi connectivity index (χ1) is 31.8. The number of allylic oxidation sites excluding steroid dienone is 9. The van der Waals surface area contributed by atoms with Crippen LogP contribution in [0.25, 0.3) is 16.7 Å². The van der Waals surface area contributed by atoms with Crippen molar-refractivity contribution in [1.82, 2.24) is 4.98 Å². The average molecular weight is 974 g/mol. The standard InChI is InChI=1S/C64H75N4O.Ni/c1-37(69)48-36-55-58(40-30-45(63(14,15)16)34-46(31-40)64(17,18)19)53-25-24-52(67-53)57(39-28-43(61(8,9)10)33-44(29-39)62(11,12)13)51-23-22-50(66-51)56(49-21-20-47(65-49)35-54(48)68-55)38-26-41(59(2,3)4)32-42(27-38)60(5,6)7;/h20-36H,1-19H3,(H-,65,66,67,68,69);/q-1;+2/p-1. The van der Waals surface area contributed by atoms with Crippen molar-refractivity contribution in [3.8, 4) is 0 Å². The molecule has 70 heavy (non-hydrogen) atoms. The zero-order valence-electron chi connectivity index (χ0n) is 45.3. The van der Waals surface area contributed by atoms with E-state index in [0.29, 0.717) is 17.0 Å². The van der Waals surface area contributed by atoms with E-state index in [1.165, 1.54) is 33.4 Å². The third kappa shape index (κ3) is 10.5. The quantitative estimate of drug-likeness (QED) is 0.152. The number of fused-ring (bicyclic) bond motifs is 5. The molecule has 0 amide bonds. The van der Waals surface area contributed by atoms with Gasteiger partial charge in [-0.05, 0) is 136 Å². The van der Waals surface area contributed by atoms with Gasteiger partial charge in [-0.3, -0.25) is 0 Å². The Balaban J connectivity index is 0.00000722. The van der Waals surface area contributed by atoms with Crippen LogP contribution in [0.15, 0.2) is 147 Å². The van der Waals surface area contributed by atoms with Crippen molar-refractivity contribution in [2.24, 2.45) is 15.0 Å². The minimum absolute atomic E-state index is 0. The van der Waals surface area contributed by atoms with Crippen molar-refractivity contribution in [3.05, 3.63) is 192 Å². The van der Waals surface area contributed by atoms with Crippen LogP contribution in [0.2, 0.25) is 0 Å². The summed E-state index contributed by atoms with van der Waals surface area (Å²) in [6.45, 7) is 42.5. The first-order valence-corrected chi connectivity index (χ1v) is 24.8. The molecule has 5 heterocycles. The maximum atomic E-state index is 13.7. The largest absolute Gasteiger partial charge is 2.00 e. The molecule has 4 aromatic rings. The summed E-state index contributed by atoms with van der Waals surface area (Å²) in [4.78, 5) is 22.1. The Hall–Kier alpha value is -5.58. The molecular formula is C64H74N4NiO. The molecule has 0 radical (unpaired) electrons. The molecule has 8 rings (SSSR count). The Morgan fingerprint density at radius 1 is 0.414 bits per heavy atom. The topological polar surface area (TPSA) is 74.2 Å². The number of benzene rings is 3. The fourth-order valence-corrected chi connectivity index (χ4v) is 9.17. The van der Waals surface area contributed by atoms with Gasteiger partial charge in [0.05, 0.1) is 34.2 Å². The summed E-state index contributed by atoms with van der Waals surface area (Å²) in [5.74, 6) is -0.0582. The van der Waals surface area contributed by atoms with E-state index in [4.69, 9.17) is 20.0 Å². The zero-order valence-corrected chi connectivity index (χ0v) is 46.3. The maximum Gasteiger partial charge on any atom is 2.00 e. The number of aliphatic imine (C=N–C) groups is 3. The zero-order chi connectivity index (χ0) is 50.6. The Bertz CT molecular complexity index is 3150. The van der Waals surface area contributed by atoms with E-state index in [1.54, 1.807) is 6.92 Å². The summed E-state index contributed by atoms with van der Waals surface area (Å²) in [6, 6.07) is 25.3. The van der Waals surface area contributed by atoms with Crippen molar-refractivity contribution in [3.63, 3.8) is 0 Å². The van der Waals surface area contributed by atoms with Gasteiger partial charge in [0.2, 0.25) is 0 Å². The van der Waals surface area contributed by atoms with Crippen LogP contribution in [-0.2, 0) is 49.0 Å².